The highest BCUT2D eigenvalue weighted by molar-refractivity contribution is 6.30. The van der Waals surface area contributed by atoms with E-state index in [4.69, 9.17) is 16.6 Å². The summed E-state index contributed by atoms with van der Waals surface area (Å²) in [4.78, 5) is 4.86. The second-order valence-electron chi connectivity index (χ2n) is 6.32. The Hall–Kier alpha value is -2.36. The molecule has 1 aliphatic rings. The molecule has 4 heteroatoms. The van der Waals surface area contributed by atoms with E-state index >= 15 is 0 Å². The largest absolute Gasteiger partial charge is 0.392 e. The number of halogens is 1. The average Bonchev–Trinajstić information content (AvgIpc) is 3.11. The van der Waals surface area contributed by atoms with Crippen molar-refractivity contribution in [3.63, 3.8) is 0 Å². The van der Waals surface area contributed by atoms with Crippen LogP contribution in [0.4, 0.5) is 11.4 Å². The van der Waals surface area contributed by atoms with E-state index in [0.717, 1.165) is 47.5 Å². The highest BCUT2D eigenvalue weighted by atomic mass is 35.5. The van der Waals surface area contributed by atoms with Crippen molar-refractivity contribution in [2.75, 3.05) is 5.32 Å². The third kappa shape index (κ3) is 3.39. The minimum atomic E-state index is 0.0594. The lowest BCUT2D eigenvalue weighted by Crippen LogP contribution is -2.00. The first-order valence-electron chi connectivity index (χ1n) is 8.48. The van der Waals surface area contributed by atoms with Crippen LogP contribution in [0.2, 0.25) is 5.02 Å². The molecule has 1 heterocycles. The molecule has 2 N–H and O–H groups in total. The number of aromatic nitrogens is 1. The number of rotatable bonds is 4. The summed E-state index contributed by atoms with van der Waals surface area (Å²) < 4.78 is 0. The van der Waals surface area contributed by atoms with Gasteiger partial charge in [-0.3, -0.25) is 4.98 Å². The van der Waals surface area contributed by atoms with E-state index in [2.05, 4.69) is 11.4 Å². The van der Waals surface area contributed by atoms with Crippen LogP contribution >= 0.6 is 11.6 Å². The number of nitrogens with zero attached hydrogens (tertiary/aromatic N) is 1. The fourth-order valence-electron chi connectivity index (χ4n) is 3.30. The van der Waals surface area contributed by atoms with Crippen LogP contribution in [-0.4, -0.2) is 10.1 Å². The zero-order valence-electron chi connectivity index (χ0n) is 13.8. The van der Waals surface area contributed by atoms with Gasteiger partial charge in [-0.05, 0) is 60.7 Å². The van der Waals surface area contributed by atoms with Crippen molar-refractivity contribution in [2.24, 2.45) is 0 Å². The number of fused-ring (bicyclic) bond motifs is 1. The number of hydrogen-bond donors (Lipinski definition) is 2. The molecule has 4 rings (SSSR count). The zero-order chi connectivity index (χ0) is 17.2. The van der Waals surface area contributed by atoms with Gasteiger partial charge in [0, 0.05) is 27.7 Å². The van der Waals surface area contributed by atoms with Gasteiger partial charge in [0.05, 0.1) is 12.3 Å². The van der Waals surface area contributed by atoms with Gasteiger partial charge in [0.25, 0.3) is 0 Å². The van der Waals surface area contributed by atoms with E-state index < -0.39 is 0 Å². The van der Waals surface area contributed by atoms with Crippen molar-refractivity contribution in [1.29, 1.82) is 0 Å². The third-order valence-corrected chi connectivity index (χ3v) is 4.82. The lowest BCUT2D eigenvalue weighted by Gasteiger charge is -2.14. The molecule has 0 atom stereocenters. The Labute approximate surface area is 152 Å². The summed E-state index contributed by atoms with van der Waals surface area (Å²) in [5.41, 5.74) is 7.47. The summed E-state index contributed by atoms with van der Waals surface area (Å²) in [5.74, 6) is 0. The minimum absolute atomic E-state index is 0.0594. The van der Waals surface area contributed by atoms with Gasteiger partial charge in [-0.2, -0.15) is 0 Å². The molecule has 0 aliphatic heterocycles. The molecular weight excluding hydrogens is 332 g/mol. The maximum Gasteiger partial charge on any atom is 0.0726 e. The fraction of sp³-hybridized carbons (Fsp3) is 0.190. The number of aliphatic hydroxyl groups is 1. The molecule has 126 valence electrons. The second kappa shape index (κ2) is 6.87. The molecule has 1 aliphatic carbocycles. The van der Waals surface area contributed by atoms with Crippen LogP contribution in [0.5, 0.6) is 0 Å². The van der Waals surface area contributed by atoms with Crippen molar-refractivity contribution in [2.45, 2.75) is 25.9 Å². The predicted octanol–water partition coefficient (Wildman–Crippen LogP) is 5.13. The first kappa shape index (κ1) is 16.1. The molecular formula is C21H19ClN2O. The number of benzene rings is 2. The molecule has 0 spiro atoms. The molecule has 0 bridgehead atoms. The molecule has 0 saturated carbocycles. The number of nitrogens with one attached hydrogen (secondary N) is 1. The molecule has 25 heavy (non-hydrogen) atoms. The van der Waals surface area contributed by atoms with Gasteiger partial charge in [0.2, 0.25) is 0 Å². The number of hydrogen-bond acceptors (Lipinski definition) is 3. The van der Waals surface area contributed by atoms with Crippen molar-refractivity contribution >= 4 is 23.0 Å². The van der Waals surface area contributed by atoms with E-state index in [1.807, 2.05) is 48.5 Å². The van der Waals surface area contributed by atoms with Gasteiger partial charge in [-0.25, -0.2) is 0 Å². The lowest BCUT2D eigenvalue weighted by atomic mass is 10.1. The average molecular weight is 351 g/mol. The number of pyridine rings is 1. The van der Waals surface area contributed by atoms with Crippen molar-refractivity contribution in [3.05, 3.63) is 76.4 Å². The van der Waals surface area contributed by atoms with Crippen molar-refractivity contribution < 1.29 is 5.11 Å². The van der Waals surface area contributed by atoms with Crippen LogP contribution in [0.25, 0.3) is 11.3 Å². The minimum Gasteiger partial charge on any atom is -0.392 e. The molecule has 1 aromatic heterocycles. The lowest BCUT2D eigenvalue weighted by molar-refractivity contribution is 0.282. The van der Waals surface area contributed by atoms with Crippen LogP contribution in [0.15, 0.2) is 54.6 Å². The highest BCUT2D eigenvalue weighted by Crippen LogP contribution is 2.34. The molecule has 0 fully saturated rings. The number of anilines is 2. The summed E-state index contributed by atoms with van der Waals surface area (Å²) in [7, 11) is 0. The third-order valence-electron chi connectivity index (χ3n) is 4.59. The normalized spacial score (nSPS) is 12.9. The van der Waals surface area contributed by atoms with Crippen LogP contribution in [0.1, 0.15) is 23.2 Å². The molecule has 0 radical (unpaired) electrons. The molecule has 3 nitrogen and oxygen atoms in total. The van der Waals surface area contributed by atoms with Gasteiger partial charge >= 0.3 is 0 Å². The fourth-order valence-corrected chi connectivity index (χ4v) is 3.49. The maximum atomic E-state index is 9.19. The van der Waals surface area contributed by atoms with Crippen molar-refractivity contribution in [3.8, 4) is 11.3 Å². The standard InChI is InChI=1S/C21H19ClN2O/c22-16-4-1-3-15(11-16)20-12-21(18-5-2-6-19(18)24-20)23-17-9-7-14(13-25)8-10-17/h1,3-4,7-12,25H,2,5-6,13H2,(H,23,24). The summed E-state index contributed by atoms with van der Waals surface area (Å²) in [5, 5.41) is 13.4. The Balaban J connectivity index is 1.73. The summed E-state index contributed by atoms with van der Waals surface area (Å²) in [6.07, 6.45) is 3.20. The van der Waals surface area contributed by atoms with Gasteiger partial charge in [0.15, 0.2) is 0 Å². The smallest absolute Gasteiger partial charge is 0.0726 e. The Bertz CT molecular complexity index is 906. The monoisotopic (exact) mass is 350 g/mol. The zero-order valence-corrected chi connectivity index (χ0v) is 14.6. The van der Waals surface area contributed by atoms with Crippen LogP contribution in [0.3, 0.4) is 0 Å². The Morgan fingerprint density at radius 3 is 2.64 bits per heavy atom. The van der Waals surface area contributed by atoms with Crippen LogP contribution < -0.4 is 5.32 Å². The first-order chi connectivity index (χ1) is 12.2. The highest BCUT2D eigenvalue weighted by Gasteiger charge is 2.18. The quantitative estimate of drug-likeness (QED) is 0.685. The van der Waals surface area contributed by atoms with E-state index in [1.165, 1.54) is 11.3 Å². The van der Waals surface area contributed by atoms with Gasteiger partial charge in [-0.15, -0.1) is 0 Å². The molecule has 0 unspecified atom stereocenters. The van der Waals surface area contributed by atoms with E-state index in [1.54, 1.807) is 0 Å². The maximum absolute atomic E-state index is 9.19. The van der Waals surface area contributed by atoms with Crippen LogP contribution in [0, 0.1) is 0 Å². The van der Waals surface area contributed by atoms with E-state index in [0.29, 0.717) is 5.02 Å². The Kier molecular flexibility index (Phi) is 4.43. The number of aryl methyl sites for hydroxylation is 1. The molecule has 2 aromatic carbocycles. The predicted molar refractivity (Wildman–Crippen MR) is 102 cm³/mol. The second-order valence-corrected chi connectivity index (χ2v) is 6.76. The van der Waals surface area contributed by atoms with E-state index in [-0.39, 0.29) is 6.61 Å². The molecule has 0 amide bonds. The van der Waals surface area contributed by atoms with Crippen LogP contribution in [-0.2, 0) is 19.4 Å². The van der Waals surface area contributed by atoms with Gasteiger partial charge in [-0.1, -0.05) is 35.9 Å². The Morgan fingerprint density at radius 1 is 1.04 bits per heavy atom. The number of aliphatic hydroxyl groups excluding tert-OH is 1. The summed E-state index contributed by atoms with van der Waals surface area (Å²) in [6, 6.07) is 17.8. The Morgan fingerprint density at radius 2 is 1.88 bits per heavy atom. The first-order valence-corrected chi connectivity index (χ1v) is 8.86. The van der Waals surface area contributed by atoms with Crippen molar-refractivity contribution in [1.82, 2.24) is 4.98 Å². The van der Waals surface area contributed by atoms with Gasteiger partial charge in [0.1, 0.15) is 0 Å². The van der Waals surface area contributed by atoms with Gasteiger partial charge < -0.3 is 10.4 Å². The topological polar surface area (TPSA) is 45.1 Å². The summed E-state index contributed by atoms with van der Waals surface area (Å²) in [6.45, 7) is 0.0594. The SMILES string of the molecule is OCc1ccc(Nc2cc(-c3cccc(Cl)c3)nc3c2CCC3)cc1. The molecule has 3 aromatic rings. The van der Waals surface area contributed by atoms with E-state index in [9.17, 15) is 5.11 Å². The molecule has 0 saturated heterocycles. The summed E-state index contributed by atoms with van der Waals surface area (Å²) >= 11 is 6.15.